The maximum atomic E-state index is 3.58. The third-order valence-corrected chi connectivity index (χ3v) is 4.55. The van der Waals surface area contributed by atoms with Crippen LogP contribution in [-0.2, 0) is 6.42 Å². The normalized spacial score (nSPS) is 22.5. The number of benzene rings is 1. The lowest BCUT2D eigenvalue weighted by molar-refractivity contribution is 0.171. The Morgan fingerprint density at radius 1 is 1.11 bits per heavy atom. The molecule has 1 nitrogen and oxygen atoms in total. The summed E-state index contributed by atoms with van der Waals surface area (Å²) in [5.41, 5.74) is 2.98. The van der Waals surface area contributed by atoms with Gasteiger partial charge < -0.3 is 5.32 Å². The zero-order valence-corrected chi connectivity index (χ0v) is 12.8. The third kappa shape index (κ3) is 4.07. The Hall–Kier alpha value is -0.820. The molecule has 1 aromatic rings. The van der Waals surface area contributed by atoms with Gasteiger partial charge in [0.2, 0.25) is 0 Å². The molecule has 0 spiro atoms. The predicted octanol–water partition coefficient (Wildman–Crippen LogP) is 4.38. The molecule has 2 rings (SSSR count). The second kappa shape index (κ2) is 7.09. The van der Waals surface area contributed by atoms with Gasteiger partial charge in [-0.25, -0.2) is 0 Å². The summed E-state index contributed by atoms with van der Waals surface area (Å²) < 4.78 is 0. The molecule has 0 bridgehead atoms. The van der Waals surface area contributed by atoms with Crippen molar-refractivity contribution >= 4 is 0 Å². The highest BCUT2D eigenvalue weighted by atomic mass is 14.9. The quantitative estimate of drug-likeness (QED) is 0.717. The number of hydrogen-bond acceptors (Lipinski definition) is 1. The summed E-state index contributed by atoms with van der Waals surface area (Å²) in [7, 11) is 0. The van der Waals surface area contributed by atoms with E-state index in [1.807, 2.05) is 0 Å². The minimum Gasteiger partial charge on any atom is -0.316 e. The van der Waals surface area contributed by atoms with Gasteiger partial charge in [-0.1, -0.05) is 45.0 Å². The summed E-state index contributed by atoms with van der Waals surface area (Å²) >= 11 is 0. The van der Waals surface area contributed by atoms with Crippen LogP contribution in [0.25, 0.3) is 0 Å². The maximum absolute atomic E-state index is 3.58. The van der Waals surface area contributed by atoms with E-state index in [1.54, 1.807) is 0 Å². The minimum atomic E-state index is 0.642. The van der Waals surface area contributed by atoms with Crippen LogP contribution in [0.1, 0.15) is 57.1 Å². The van der Waals surface area contributed by atoms with Crippen LogP contribution in [0.4, 0.5) is 0 Å². The van der Waals surface area contributed by atoms with Crippen LogP contribution in [0.15, 0.2) is 24.3 Å². The van der Waals surface area contributed by atoms with Crippen molar-refractivity contribution in [3.8, 4) is 0 Å². The van der Waals surface area contributed by atoms with E-state index in [0.717, 1.165) is 11.8 Å². The molecule has 19 heavy (non-hydrogen) atoms. The number of rotatable bonds is 7. The highest BCUT2D eigenvalue weighted by Crippen LogP contribution is 2.36. The summed E-state index contributed by atoms with van der Waals surface area (Å²) in [4.78, 5) is 0. The zero-order valence-electron chi connectivity index (χ0n) is 12.8. The second-order valence-corrected chi connectivity index (χ2v) is 6.40. The Morgan fingerprint density at radius 3 is 2.32 bits per heavy atom. The van der Waals surface area contributed by atoms with Gasteiger partial charge in [0.15, 0.2) is 0 Å². The first-order chi connectivity index (χ1) is 9.20. The predicted molar refractivity (Wildman–Crippen MR) is 83.6 cm³/mol. The van der Waals surface area contributed by atoms with Gasteiger partial charge in [-0.2, -0.15) is 0 Å². The average Bonchev–Trinajstić information content (AvgIpc) is 2.40. The molecular weight excluding hydrogens is 230 g/mol. The Bertz CT molecular complexity index is 366. The molecule has 1 aromatic carbocycles. The van der Waals surface area contributed by atoms with E-state index < -0.39 is 0 Å². The molecule has 0 radical (unpaired) electrons. The monoisotopic (exact) mass is 259 g/mol. The summed E-state index contributed by atoms with van der Waals surface area (Å²) in [6.45, 7) is 9.16. The Morgan fingerprint density at radius 2 is 1.79 bits per heavy atom. The van der Waals surface area contributed by atoms with Gasteiger partial charge in [0.1, 0.15) is 0 Å². The Kier molecular flexibility index (Phi) is 5.45. The van der Waals surface area contributed by atoms with Crippen LogP contribution in [0.5, 0.6) is 0 Å². The fourth-order valence-corrected chi connectivity index (χ4v) is 2.98. The molecule has 1 aliphatic rings. The third-order valence-electron chi connectivity index (χ3n) is 4.55. The molecule has 1 saturated carbocycles. The van der Waals surface area contributed by atoms with Crippen molar-refractivity contribution in [3.05, 3.63) is 35.4 Å². The van der Waals surface area contributed by atoms with E-state index in [2.05, 4.69) is 50.4 Å². The lowest BCUT2D eigenvalue weighted by Crippen LogP contribution is -2.36. The lowest BCUT2D eigenvalue weighted by Gasteiger charge is -2.37. The van der Waals surface area contributed by atoms with Gasteiger partial charge in [0.25, 0.3) is 0 Å². The van der Waals surface area contributed by atoms with Crippen molar-refractivity contribution in [3.63, 3.8) is 0 Å². The zero-order chi connectivity index (χ0) is 13.7. The van der Waals surface area contributed by atoms with Crippen molar-refractivity contribution in [1.29, 1.82) is 0 Å². The summed E-state index contributed by atoms with van der Waals surface area (Å²) in [6, 6.07) is 9.29. The lowest BCUT2D eigenvalue weighted by atomic mass is 9.70. The van der Waals surface area contributed by atoms with Crippen molar-refractivity contribution in [2.75, 3.05) is 13.1 Å². The van der Waals surface area contributed by atoms with Crippen LogP contribution in [0.2, 0.25) is 0 Å². The number of hydrogen-bond donors (Lipinski definition) is 1. The van der Waals surface area contributed by atoms with E-state index in [9.17, 15) is 0 Å². The van der Waals surface area contributed by atoms with E-state index in [0.29, 0.717) is 5.92 Å². The smallest absolute Gasteiger partial charge is 0.00178 e. The minimum absolute atomic E-state index is 0.642. The van der Waals surface area contributed by atoms with Gasteiger partial charge >= 0.3 is 0 Å². The largest absolute Gasteiger partial charge is 0.316 e. The first kappa shape index (κ1) is 14.6. The van der Waals surface area contributed by atoms with E-state index in [-0.39, 0.29) is 0 Å². The van der Waals surface area contributed by atoms with Crippen molar-refractivity contribution < 1.29 is 0 Å². The van der Waals surface area contributed by atoms with Gasteiger partial charge in [-0.15, -0.1) is 0 Å². The molecular formula is C18H29N. The van der Waals surface area contributed by atoms with Crippen LogP contribution in [0.3, 0.4) is 0 Å². The molecule has 0 aromatic heterocycles. The second-order valence-electron chi connectivity index (χ2n) is 6.40. The van der Waals surface area contributed by atoms with E-state index in [4.69, 9.17) is 0 Å². The molecule has 1 heteroatoms. The highest BCUT2D eigenvalue weighted by molar-refractivity contribution is 5.25. The van der Waals surface area contributed by atoms with Gasteiger partial charge in [-0.05, 0) is 67.7 Å². The molecule has 106 valence electrons. The van der Waals surface area contributed by atoms with Gasteiger partial charge in [-0.3, -0.25) is 0 Å². The Balaban J connectivity index is 1.80. The van der Waals surface area contributed by atoms with Crippen molar-refractivity contribution in [1.82, 2.24) is 5.32 Å². The fraction of sp³-hybridized carbons (Fsp3) is 0.667. The molecule has 0 aliphatic heterocycles. The average molecular weight is 259 g/mol. The molecule has 0 heterocycles. The standard InChI is InChI=1S/C18H29N/c1-4-11-19-13-18-10-9-17(18)12-15-5-7-16(8-6-15)14(2)3/h5-8,14,17-19H,4,9-13H2,1-3H3. The van der Waals surface area contributed by atoms with E-state index in [1.165, 1.54) is 49.9 Å². The molecule has 2 unspecified atom stereocenters. The molecule has 2 atom stereocenters. The number of nitrogens with one attached hydrogen (secondary N) is 1. The molecule has 0 amide bonds. The van der Waals surface area contributed by atoms with Crippen molar-refractivity contribution in [2.45, 2.75) is 52.4 Å². The maximum Gasteiger partial charge on any atom is -0.00178 e. The SMILES string of the molecule is CCCNCC1CCC1Cc1ccc(C(C)C)cc1. The van der Waals surface area contributed by atoms with Crippen molar-refractivity contribution in [2.24, 2.45) is 11.8 Å². The first-order valence-electron chi connectivity index (χ1n) is 8.00. The Labute approximate surface area is 118 Å². The summed E-state index contributed by atoms with van der Waals surface area (Å²) in [5, 5.41) is 3.58. The topological polar surface area (TPSA) is 12.0 Å². The summed E-state index contributed by atoms with van der Waals surface area (Å²) in [5.74, 6) is 2.47. The molecule has 1 fully saturated rings. The van der Waals surface area contributed by atoms with Gasteiger partial charge in [0.05, 0.1) is 0 Å². The van der Waals surface area contributed by atoms with Crippen LogP contribution < -0.4 is 5.32 Å². The van der Waals surface area contributed by atoms with E-state index >= 15 is 0 Å². The molecule has 0 saturated heterocycles. The van der Waals surface area contributed by atoms with Crippen LogP contribution in [-0.4, -0.2) is 13.1 Å². The van der Waals surface area contributed by atoms with Crippen LogP contribution >= 0.6 is 0 Å². The van der Waals surface area contributed by atoms with Gasteiger partial charge in [0, 0.05) is 0 Å². The van der Waals surface area contributed by atoms with Crippen LogP contribution in [0, 0.1) is 11.8 Å². The summed E-state index contributed by atoms with van der Waals surface area (Å²) in [6.07, 6.45) is 5.36. The fourth-order valence-electron chi connectivity index (χ4n) is 2.98. The molecule has 1 N–H and O–H groups in total. The molecule has 1 aliphatic carbocycles. The first-order valence-corrected chi connectivity index (χ1v) is 8.00. The highest BCUT2D eigenvalue weighted by Gasteiger charge is 2.30.